The van der Waals surface area contributed by atoms with Crippen LogP contribution in [0.15, 0.2) is 60.2 Å². The van der Waals surface area contributed by atoms with E-state index in [1.807, 2.05) is 0 Å². The zero-order valence-corrected chi connectivity index (χ0v) is 14.4. The molecule has 1 amide bonds. The van der Waals surface area contributed by atoms with E-state index >= 15 is 0 Å². The van der Waals surface area contributed by atoms with E-state index in [9.17, 15) is 22.4 Å². The van der Waals surface area contributed by atoms with Gasteiger partial charge in [0.2, 0.25) is 0 Å². The van der Waals surface area contributed by atoms with Crippen LogP contribution in [0.5, 0.6) is 0 Å². The second kappa shape index (κ2) is 7.92. The van der Waals surface area contributed by atoms with Gasteiger partial charge in [0.15, 0.2) is 0 Å². The molecule has 3 rings (SSSR count). The molecule has 0 aliphatic carbocycles. The van der Waals surface area contributed by atoms with Crippen LogP contribution in [0.4, 0.5) is 23.2 Å². The quantitative estimate of drug-likeness (QED) is 0.788. The standard InChI is InChI=1S/C20H18F4N2O/c21-17-6-4-14(5-7-17)13-26-10-8-15(9-11-26)19(27)25-18-3-1-2-16(12-18)20(22,23)24/h1-8,12H,9-11,13H2,(H,25,27). The maximum atomic E-state index is 12.9. The largest absolute Gasteiger partial charge is 0.416 e. The molecule has 0 bridgehead atoms. The summed E-state index contributed by atoms with van der Waals surface area (Å²) >= 11 is 0. The molecular weight excluding hydrogens is 360 g/mol. The minimum Gasteiger partial charge on any atom is -0.322 e. The lowest BCUT2D eigenvalue weighted by molar-refractivity contribution is -0.137. The molecule has 0 aromatic heterocycles. The molecule has 0 saturated heterocycles. The molecule has 7 heteroatoms. The number of hydrogen-bond acceptors (Lipinski definition) is 2. The van der Waals surface area contributed by atoms with Gasteiger partial charge in [0, 0.05) is 30.9 Å². The Hall–Kier alpha value is -2.67. The van der Waals surface area contributed by atoms with E-state index in [1.54, 1.807) is 18.2 Å². The number of rotatable bonds is 4. The molecule has 0 saturated carbocycles. The maximum Gasteiger partial charge on any atom is 0.416 e. The van der Waals surface area contributed by atoms with Gasteiger partial charge in [-0.1, -0.05) is 24.3 Å². The summed E-state index contributed by atoms with van der Waals surface area (Å²) in [4.78, 5) is 14.4. The third-order valence-corrected chi connectivity index (χ3v) is 4.35. The number of halogens is 4. The van der Waals surface area contributed by atoms with Crippen molar-refractivity contribution in [2.45, 2.75) is 19.1 Å². The molecule has 0 atom stereocenters. The van der Waals surface area contributed by atoms with Crippen molar-refractivity contribution in [1.82, 2.24) is 4.90 Å². The number of carbonyl (C=O) groups excluding carboxylic acids is 1. The summed E-state index contributed by atoms with van der Waals surface area (Å²) in [5.41, 5.74) is 0.831. The van der Waals surface area contributed by atoms with E-state index in [0.717, 1.165) is 17.7 Å². The molecular formula is C20H18F4N2O. The minimum atomic E-state index is -4.45. The molecule has 2 aromatic carbocycles. The predicted octanol–water partition coefficient (Wildman–Crippen LogP) is 4.62. The first kappa shape index (κ1) is 19.1. The molecule has 27 heavy (non-hydrogen) atoms. The van der Waals surface area contributed by atoms with Crippen molar-refractivity contribution in [3.05, 3.63) is 77.1 Å². The fraction of sp³-hybridized carbons (Fsp3) is 0.250. The number of nitrogens with zero attached hydrogens (tertiary/aromatic N) is 1. The Morgan fingerprint density at radius 3 is 2.48 bits per heavy atom. The van der Waals surface area contributed by atoms with Gasteiger partial charge in [-0.2, -0.15) is 13.2 Å². The van der Waals surface area contributed by atoms with Crippen molar-refractivity contribution in [3.8, 4) is 0 Å². The fourth-order valence-electron chi connectivity index (χ4n) is 2.89. The van der Waals surface area contributed by atoms with E-state index in [-0.39, 0.29) is 11.5 Å². The molecule has 1 aliphatic rings. The van der Waals surface area contributed by atoms with Crippen LogP contribution in [-0.2, 0) is 17.5 Å². The summed E-state index contributed by atoms with van der Waals surface area (Å²) in [6.07, 6.45) is -2.19. The first-order valence-electron chi connectivity index (χ1n) is 8.46. The van der Waals surface area contributed by atoms with E-state index in [2.05, 4.69) is 10.2 Å². The second-order valence-corrected chi connectivity index (χ2v) is 6.37. The van der Waals surface area contributed by atoms with Crippen LogP contribution in [0.2, 0.25) is 0 Å². The first-order chi connectivity index (χ1) is 12.8. The Kier molecular flexibility index (Phi) is 5.60. The molecule has 0 spiro atoms. The van der Waals surface area contributed by atoms with Gasteiger partial charge in [0.05, 0.1) is 5.56 Å². The molecule has 0 unspecified atom stereocenters. The maximum absolute atomic E-state index is 12.9. The minimum absolute atomic E-state index is 0.115. The monoisotopic (exact) mass is 378 g/mol. The molecule has 2 aromatic rings. The molecule has 0 fully saturated rings. The van der Waals surface area contributed by atoms with Gasteiger partial charge in [-0.25, -0.2) is 4.39 Å². The zero-order valence-electron chi connectivity index (χ0n) is 14.4. The van der Waals surface area contributed by atoms with Crippen molar-refractivity contribution in [1.29, 1.82) is 0 Å². The predicted molar refractivity (Wildman–Crippen MR) is 94.5 cm³/mol. The number of alkyl halides is 3. The lowest BCUT2D eigenvalue weighted by Crippen LogP contribution is -2.31. The van der Waals surface area contributed by atoms with Gasteiger partial charge in [-0.15, -0.1) is 0 Å². The Labute approximate surface area is 154 Å². The average Bonchev–Trinajstić information content (AvgIpc) is 2.64. The van der Waals surface area contributed by atoms with Gasteiger partial charge < -0.3 is 5.32 Å². The van der Waals surface area contributed by atoms with Crippen LogP contribution in [0.3, 0.4) is 0 Å². The van der Waals surface area contributed by atoms with Crippen molar-refractivity contribution in [2.75, 3.05) is 18.4 Å². The van der Waals surface area contributed by atoms with Gasteiger partial charge in [0.1, 0.15) is 5.82 Å². The Balaban J connectivity index is 1.59. The van der Waals surface area contributed by atoms with Gasteiger partial charge in [-0.3, -0.25) is 9.69 Å². The molecule has 142 valence electrons. The van der Waals surface area contributed by atoms with Crippen molar-refractivity contribution < 1.29 is 22.4 Å². The number of anilines is 1. The van der Waals surface area contributed by atoms with E-state index in [0.29, 0.717) is 31.6 Å². The number of amides is 1. The molecule has 0 radical (unpaired) electrons. The summed E-state index contributed by atoms with van der Waals surface area (Å²) in [5, 5.41) is 2.53. The highest BCUT2D eigenvalue weighted by Crippen LogP contribution is 2.30. The van der Waals surface area contributed by atoms with E-state index in [1.165, 1.54) is 24.3 Å². The highest BCUT2D eigenvalue weighted by Gasteiger charge is 2.30. The summed E-state index contributed by atoms with van der Waals surface area (Å²) in [5.74, 6) is -0.679. The van der Waals surface area contributed by atoms with Crippen molar-refractivity contribution in [2.24, 2.45) is 0 Å². The summed E-state index contributed by atoms with van der Waals surface area (Å²) in [6.45, 7) is 1.82. The van der Waals surface area contributed by atoms with Gasteiger partial charge in [0.25, 0.3) is 5.91 Å². The molecule has 1 aliphatic heterocycles. The Morgan fingerprint density at radius 1 is 1.11 bits per heavy atom. The second-order valence-electron chi connectivity index (χ2n) is 6.37. The van der Waals surface area contributed by atoms with Crippen LogP contribution in [-0.4, -0.2) is 23.9 Å². The average molecular weight is 378 g/mol. The van der Waals surface area contributed by atoms with Crippen LogP contribution in [0.25, 0.3) is 0 Å². The Morgan fingerprint density at radius 2 is 1.85 bits per heavy atom. The number of benzene rings is 2. The van der Waals surface area contributed by atoms with E-state index in [4.69, 9.17) is 0 Å². The summed E-state index contributed by atoms with van der Waals surface area (Å²) < 4.78 is 51.2. The lowest BCUT2D eigenvalue weighted by Gasteiger charge is -2.26. The van der Waals surface area contributed by atoms with Crippen LogP contribution >= 0.6 is 0 Å². The number of nitrogens with one attached hydrogen (secondary N) is 1. The highest BCUT2D eigenvalue weighted by atomic mass is 19.4. The smallest absolute Gasteiger partial charge is 0.322 e. The molecule has 3 nitrogen and oxygen atoms in total. The number of hydrogen-bond donors (Lipinski definition) is 1. The van der Waals surface area contributed by atoms with Crippen molar-refractivity contribution >= 4 is 11.6 Å². The highest BCUT2D eigenvalue weighted by molar-refractivity contribution is 6.03. The summed E-state index contributed by atoms with van der Waals surface area (Å²) in [7, 11) is 0. The normalized spacial score (nSPS) is 15.3. The van der Waals surface area contributed by atoms with E-state index < -0.39 is 17.6 Å². The third-order valence-electron chi connectivity index (χ3n) is 4.35. The van der Waals surface area contributed by atoms with Crippen LogP contribution in [0, 0.1) is 5.82 Å². The lowest BCUT2D eigenvalue weighted by atomic mass is 10.1. The van der Waals surface area contributed by atoms with Gasteiger partial charge in [-0.05, 0) is 42.3 Å². The van der Waals surface area contributed by atoms with Gasteiger partial charge >= 0.3 is 6.18 Å². The summed E-state index contributed by atoms with van der Waals surface area (Å²) in [6, 6.07) is 10.8. The van der Waals surface area contributed by atoms with Crippen LogP contribution in [0.1, 0.15) is 17.5 Å². The molecule has 1 heterocycles. The molecule has 1 N–H and O–H groups in total. The topological polar surface area (TPSA) is 32.3 Å². The Bertz CT molecular complexity index is 844. The SMILES string of the molecule is O=C(Nc1cccc(C(F)(F)F)c1)C1=CCN(Cc2ccc(F)cc2)CC1. The van der Waals surface area contributed by atoms with Crippen molar-refractivity contribution in [3.63, 3.8) is 0 Å². The van der Waals surface area contributed by atoms with Crippen LogP contribution < -0.4 is 5.32 Å². The first-order valence-corrected chi connectivity index (χ1v) is 8.46. The third kappa shape index (κ3) is 5.17. The number of carbonyl (C=O) groups is 1. The fourth-order valence-corrected chi connectivity index (χ4v) is 2.89. The zero-order chi connectivity index (χ0) is 19.4.